The molecule has 0 spiro atoms. The summed E-state index contributed by atoms with van der Waals surface area (Å²) < 4.78 is 0. The first-order chi connectivity index (χ1) is 15.1. The first-order valence-electron chi connectivity index (χ1n) is 9.70. The lowest BCUT2D eigenvalue weighted by Crippen LogP contribution is -2.38. The number of Topliss-reactive ketones (excluding diaryl/α,β-unsaturated/α-hetero) is 1. The van der Waals surface area contributed by atoms with Crippen LogP contribution in [0.5, 0.6) is 0 Å². The maximum absolute atomic E-state index is 14.1. The van der Waals surface area contributed by atoms with Gasteiger partial charge in [-0.1, -0.05) is 121 Å². The van der Waals surface area contributed by atoms with Gasteiger partial charge in [0.25, 0.3) is 0 Å². The molecule has 3 N–H and O–H groups in total. The molecule has 156 valence electrons. The highest BCUT2D eigenvalue weighted by Gasteiger charge is 2.43. The van der Waals surface area contributed by atoms with Crippen LogP contribution in [-0.2, 0) is 5.41 Å². The minimum Gasteiger partial charge on any atom is -0.328 e. The van der Waals surface area contributed by atoms with E-state index in [-0.39, 0.29) is 5.78 Å². The third kappa shape index (κ3) is 5.13. The first-order valence-corrected chi connectivity index (χ1v) is 10.9. The summed E-state index contributed by atoms with van der Waals surface area (Å²) >= 11 is 0. The molecule has 0 bridgehead atoms. The van der Waals surface area contributed by atoms with Crippen molar-refractivity contribution in [2.75, 3.05) is 0 Å². The Morgan fingerprint density at radius 1 is 0.516 bits per heavy atom. The van der Waals surface area contributed by atoms with Crippen molar-refractivity contribution in [2.45, 2.75) is 5.41 Å². The number of hydrogen-bond donors (Lipinski definition) is 3. The molecule has 0 aromatic heterocycles. The van der Waals surface area contributed by atoms with Crippen LogP contribution >= 0.6 is 8.60 Å². The standard InChI is InChI=1S/C26H20O.H3O3P/c27-25(21-13-5-1-6-14-21)26(22-15-7-2-8-16-22,23-17-9-3-10-18-23)24-19-11-4-12-20-24;1-4(2)3/h1-20H;1-3H. The minimum atomic E-state index is -2.62. The van der Waals surface area contributed by atoms with Crippen LogP contribution in [0.2, 0.25) is 0 Å². The van der Waals surface area contributed by atoms with E-state index in [1.165, 1.54) is 0 Å². The summed E-state index contributed by atoms with van der Waals surface area (Å²) in [6, 6.07) is 39.7. The Labute approximate surface area is 183 Å². The molecule has 0 saturated heterocycles. The third-order valence-electron chi connectivity index (χ3n) is 5.00. The Hall–Kier alpha value is -3.14. The zero-order valence-corrected chi connectivity index (χ0v) is 17.6. The molecule has 5 heteroatoms. The molecule has 4 aromatic rings. The van der Waals surface area contributed by atoms with Crippen molar-refractivity contribution in [3.63, 3.8) is 0 Å². The van der Waals surface area contributed by atoms with Crippen LogP contribution in [0.4, 0.5) is 0 Å². The number of ketones is 1. The van der Waals surface area contributed by atoms with E-state index in [1.54, 1.807) is 0 Å². The fourth-order valence-corrected chi connectivity index (χ4v) is 3.76. The zero-order chi connectivity index (χ0) is 22.1. The second kappa shape index (κ2) is 10.8. The first kappa shape index (κ1) is 22.5. The van der Waals surface area contributed by atoms with Crippen LogP contribution in [0.25, 0.3) is 0 Å². The van der Waals surface area contributed by atoms with Gasteiger partial charge >= 0.3 is 8.60 Å². The van der Waals surface area contributed by atoms with Crippen molar-refractivity contribution >= 4 is 14.4 Å². The van der Waals surface area contributed by atoms with E-state index in [0.717, 1.165) is 16.7 Å². The highest BCUT2D eigenvalue weighted by atomic mass is 31.2. The van der Waals surface area contributed by atoms with E-state index in [2.05, 4.69) is 0 Å². The predicted molar refractivity (Wildman–Crippen MR) is 124 cm³/mol. The summed E-state index contributed by atoms with van der Waals surface area (Å²) in [6.07, 6.45) is 0. The Morgan fingerprint density at radius 2 is 0.774 bits per heavy atom. The number of rotatable bonds is 5. The van der Waals surface area contributed by atoms with Crippen molar-refractivity contribution in [2.24, 2.45) is 0 Å². The summed E-state index contributed by atoms with van der Waals surface area (Å²) in [5, 5.41) is 0. The van der Waals surface area contributed by atoms with E-state index in [9.17, 15) is 4.79 Å². The zero-order valence-electron chi connectivity index (χ0n) is 16.7. The molecular formula is C26H23O4P. The van der Waals surface area contributed by atoms with Gasteiger partial charge in [0.2, 0.25) is 0 Å². The molecule has 0 fully saturated rings. The molecule has 0 saturated carbocycles. The van der Waals surface area contributed by atoms with Crippen LogP contribution in [0, 0.1) is 0 Å². The van der Waals surface area contributed by atoms with Crippen molar-refractivity contribution in [1.82, 2.24) is 0 Å². The Kier molecular flexibility index (Phi) is 7.82. The quantitative estimate of drug-likeness (QED) is 0.234. The van der Waals surface area contributed by atoms with Crippen LogP contribution in [0.3, 0.4) is 0 Å². The van der Waals surface area contributed by atoms with Gasteiger partial charge < -0.3 is 14.7 Å². The number of benzene rings is 4. The largest absolute Gasteiger partial charge is 0.328 e. The smallest absolute Gasteiger partial charge is 0.324 e. The summed E-state index contributed by atoms with van der Waals surface area (Å²) in [5.74, 6) is 0.0756. The second-order valence-corrected chi connectivity index (χ2v) is 7.35. The fourth-order valence-electron chi connectivity index (χ4n) is 3.76. The van der Waals surface area contributed by atoms with Gasteiger partial charge in [-0.15, -0.1) is 0 Å². The second-order valence-electron chi connectivity index (χ2n) is 6.81. The van der Waals surface area contributed by atoms with Gasteiger partial charge in [0.05, 0.1) is 0 Å². The number of carbonyl (C=O) groups excluding carboxylic acids is 1. The lowest BCUT2D eigenvalue weighted by Gasteiger charge is -2.34. The van der Waals surface area contributed by atoms with Crippen molar-refractivity contribution < 1.29 is 19.5 Å². The van der Waals surface area contributed by atoms with Gasteiger partial charge in [0.15, 0.2) is 5.78 Å². The van der Waals surface area contributed by atoms with Crippen LogP contribution in [0.1, 0.15) is 27.0 Å². The lowest BCUT2D eigenvalue weighted by atomic mass is 9.65. The van der Waals surface area contributed by atoms with Gasteiger partial charge in [-0.25, -0.2) is 0 Å². The molecule has 4 aromatic carbocycles. The summed E-state index contributed by atoms with van der Waals surface area (Å²) in [6.45, 7) is 0. The maximum Gasteiger partial charge on any atom is 0.324 e. The number of hydrogen-bond acceptors (Lipinski definition) is 4. The topological polar surface area (TPSA) is 77.8 Å². The Morgan fingerprint density at radius 3 is 1.06 bits per heavy atom. The van der Waals surface area contributed by atoms with E-state index >= 15 is 0 Å². The average molecular weight is 430 g/mol. The molecular weight excluding hydrogens is 407 g/mol. The van der Waals surface area contributed by atoms with Crippen molar-refractivity contribution in [1.29, 1.82) is 0 Å². The molecule has 0 aliphatic heterocycles. The molecule has 0 aliphatic rings. The molecule has 0 aliphatic carbocycles. The molecule has 4 nitrogen and oxygen atoms in total. The normalized spacial score (nSPS) is 10.8. The lowest BCUT2D eigenvalue weighted by molar-refractivity contribution is 0.0935. The van der Waals surface area contributed by atoms with Gasteiger partial charge in [-0.2, -0.15) is 0 Å². The molecule has 0 heterocycles. The summed E-state index contributed by atoms with van der Waals surface area (Å²) in [5.41, 5.74) is 2.71. The average Bonchev–Trinajstić information content (AvgIpc) is 2.82. The molecule has 0 atom stereocenters. The summed E-state index contributed by atoms with van der Waals surface area (Å²) in [4.78, 5) is 35.8. The van der Waals surface area contributed by atoms with Gasteiger partial charge in [0, 0.05) is 5.56 Å². The number of carbonyl (C=O) groups is 1. The van der Waals surface area contributed by atoms with E-state index in [1.807, 2.05) is 121 Å². The maximum atomic E-state index is 14.1. The molecule has 31 heavy (non-hydrogen) atoms. The Balaban J connectivity index is 0.000000628. The fraction of sp³-hybridized carbons (Fsp3) is 0.0385. The van der Waals surface area contributed by atoms with Gasteiger partial charge in [0.1, 0.15) is 5.41 Å². The van der Waals surface area contributed by atoms with E-state index < -0.39 is 14.0 Å². The SMILES string of the molecule is O=C(c1ccccc1)C(c1ccccc1)(c1ccccc1)c1ccccc1.OP(O)O. The molecule has 0 radical (unpaired) electrons. The van der Waals surface area contributed by atoms with E-state index in [0.29, 0.717) is 5.56 Å². The van der Waals surface area contributed by atoms with Crippen molar-refractivity contribution in [3.8, 4) is 0 Å². The summed E-state index contributed by atoms with van der Waals surface area (Å²) in [7, 11) is -2.62. The molecule has 0 unspecified atom stereocenters. The molecule has 4 rings (SSSR count). The monoisotopic (exact) mass is 430 g/mol. The van der Waals surface area contributed by atoms with Crippen LogP contribution in [-0.4, -0.2) is 20.5 Å². The predicted octanol–water partition coefficient (Wildman–Crippen LogP) is 5.09. The van der Waals surface area contributed by atoms with Crippen LogP contribution in [0.15, 0.2) is 121 Å². The minimum absolute atomic E-state index is 0.0756. The van der Waals surface area contributed by atoms with E-state index in [4.69, 9.17) is 14.7 Å². The van der Waals surface area contributed by atoms with Gasteiger partial charge in [-0.05, 0) is 16.7 Å². The Bertz CT molecular complexity index is 970. The van der Waals surface area contributed by atoms with Crippen LogP contribution < -0.4 is 0 Å². The van der Waals surface area contributed by atoms with Gasteiger partial charge in [-0.3, -0.25) is 4.79 Å². The molecule has 0 amide bonds. The highest BCUT2D eigenvalue weighted by molar-refractivity contribution is 7.38. The third-order valence-corrected chi connectivity index (χ3v) is 5.00. The highest BCUT2D eigenvalue weighted by Crippen LogP contribution is 2.41. The van der Waals surface area contributed by atoms with Crippen molar-refractivity contribution in [3.05, 3.63) is 144 Å².